The zero-order valence-corrected chi connectivity index (χ0v) is 48.8. The second-order valence-corrected chi connectivity index (χ2v) is 27.3. The number of aliphatic hydroxyl groups excluding tert-OH is 17. The summed E-state index contributed by atoms with van der Waals surface area (Å²) in [6, 6.07) is 0. The van der Waals surface area contributed by atoms with Gasteiger partial charge in [0.1, 0.15) is 122 Å². The van der Waals surface area contributed by atoms with Crippen LogP contribution in [-0.4, -0.2) is 304 Å². The average molecular weight is 1240 g/mol. The molecule has 7 aliphatic heterocycles. The van der Waals surface area contributed by atoms with Crippen LogP contribution in [0.15, 0.2) is 0 Å². The molecular formula is C57H94O29. The number of hydrogen-bond donors (Lipinski definition) is 17. The first-order valence-corrected chi connectivity index (χ1v) is 30.9. The van der Waals surface area contributed by atoms with Crippen molar-refractivity contribution in [2.24, 2.45) is 52.3 Å². The van der Waals surface area contributed by atoms with Crippen molar-refractivity contribution in [3.8, 4) is 0 Å². The standard InChI is InChI=1S/C57H94O29/c1-20-7-10-57(75-19-20)21(2)34-28(86-57)12-25-23-6-5-22-11-27(26(63)13-56(22,4)24(23)8-9-55(25,34)3)76-50-44(73)41(70)46(33(18-62)81-50)82-54-49(85-52-43(72)40(69)36(65)30(15-59)78-52)48(38(67)32(17-61)80-54)84-53-45(74)47(37(66)31(16-60)79-53)83-51-42(71)39(68)35(64)29(14-58)77-51/h20-54,58-74H,5-19H2,1-4H3/t20?,21-,22?,23+,24-,25-,26+,27+,28-,29+,30+,31+,32+,33+,34-,35+,36+,37+,38+,39-,40-,41+,42+,43+,44+,45+,46+,47-,48-,49+,50+,51-,52-,53-,54-,55-,56-,57+/m0/s1. The smallest absolute Gasteiger partial charge is 0.187 e. The molecule has 0 aromatic rings. The van der Waals surface area contributed by atoms with E-state index in [1.54, 1.807) is 0 Å². The summed E-state index contributed by atoms with van der Waals surface area (Å²) in [7, 11) is 0. The molecule has 11 rings (SSSR count). The lowest BCUT2D eigenvalue weighted by atomic mass is 9.44. The Balaban J connectivity index is 0.794. The summed E-state index contributed by atoms with van der Waals surface area (Å²) < 4.78 is 73.1. The molecule has 4 saturated carbocycles. The van der Waals surface area contributed by atoms with E-state index in [1.807, 2.05) is 0 Å². The van der Waals surface area contributed by atoms with Crippen LogP contribution in [0.5, 0.6) is 0 Å². The van der Waals surface area contributed by atoms with Gasteiger partial charge in [-0.15, -0.1) is 0 Å². The van der Waals surface area contributed by atoms with Crippen LogP contribution in [0.3, 0.4) is 0 Å². The number of ether oxygens (including phenoxy) is 12. The first-order valence-electron chi connectivity index (χ1n) is 30.9. The summed E-state index contributed by atoms with van der Waals surface area (Å²) in [6.45, 7) is 5.28. The van der Waals surface area contributed by atoms with Gasteiger partial charge in [0.15, 0.2) is 37.2 Å². The first-order chi connectivity index (χ1) is 40.9. The minimum Gasteiger partial charge on any atom is -0.394 e. The minimum atomic E-state index is -2.22. The molecule has 29 nitrogen and oxygen atoms in total. The van der Waals surface area contributed by atoms with E-state index >= 15 is 0 Å². The summed E-state index contributed by atoms with van der Waals surface area (Å²) >= 11 is 0. The molecule has 29 heteroatoms. The molecule has 2 unspecified atom stereocenters. The van der Waals surface area contributed by atoms with Crippen molar-refractivity contribution < 1.29 is 144 Å². The number of aliphatic hydroxyl groups is 17. The molecule has 7 saturated heterocycles. The Hall–Kier alpha value is -1.16. The van der Waals surface area contributed by atoms with Gasteiger partial charge in [-0.25, -0.2) is 0 Å². The Labute approximate surface area is 497 Å². The number of rotatable bonds is 15. The molecule has 1 spiro atoms. The maximum Gasteiger partial charge on any atom is 0.187 e. The highest BCUT2D eigenvalue weighted by atomic mass is 16.8. The summed E-state index contributed by atoms with van der Waals surface area (Å²) in [5.74, 6) is 2.05. The van der Waals surface area contributed by atoms with Gasteiger partial charge in [0.2, 0.25) is 0 Å². The van der Waals surface area contributed by atoms with Gasteiger partial charge in [-0.05, 0) is 97.7 Å². The summed E-state index contributed by atoms with van der Waals surface area (Å²) in [5.41, 5.74) is -0.144. The molecule has 0 aromatic heterocycles. The Bertz CT molecular complexity index is 2230. The fourth-order valence-corrected chi connectivity index (χ4v) is 17.7. The minimum absolute atomic E-state index is 0.0937. The van der Waals surface area contributed by atoms with Crippen molar-refractivity contribution in [3.63, 3.8) is 0 Å². The number of hydrogen-bond acceptors (Lipinski definition) is 29. The van der Waals surface area contributed by atoms with Gasteiger partial charge < -0.3 is 144 Å². The molecule has 11 fully saturated rings. The van der Waals surface area contributed by atoms with Crippen molar-refractivity contribution in [2.45, 2.75) is 263 Å². The van der Waals surface area contributed by atoms with E-state index in [9.17, 15) is 86.8 Å². The highest BCUT2D eigenvalue weighted by Gasteiger charge is 2.70. The lowest BCUT2D eigenvalue weighted by Gasteiger charge is -2.62. The van der Waals surface area contributed by atoms with Crippen LogP contribution in [0, 0.1) is 52.3 Å². The second-order valence-electron chi connectivity index (χ2n) is 27.3. The molecule has 0 bridgehead atoms. The van der Waals surface area contributed by atoms with Crippen molar-refractivity contribution in [2.75, 3.05) is 39.6 Å². The third kappa shape index (κ3) is 11.5. The monoisotopic (exact) mass is 1240 g/mol. The molecule has 0 aromatic carbocycles. The molecule has 0 amide bonds. The quantitative estimate of drug-likeness (QED) is 0.0679. The zero-order chi connectivity index (χ0) is 61.8. The maximum atomic E-state index is 12.1. The van der Waals surface area contributed by atoms with Crippen LogP contribution < -0.4 is 0 Å². The second kappa shape index (κ2) is 26.0. The third-order valence-corrected chi connectivity index (χ3v) is 22.5. The van der Waals surface area contributed by atoms with Gasteiger partial charge in [0, 0.05) is 12.3 Å². The topological polar surface area (TPSA) is 455 Å². The predicted molar refractivity (Wildman–Crippen MR) is 282 cm³/mol. The zero-order valence-electron chi connectivity index (χ0n) is 48.8. The van der Waals surface area contributed by atoms with Crippen molar-refractivity contribution in [1.29, 1.82) is 0 Å². The highest BCUT2D eigenvalue weighted by molar-refractivity contribution is 5.16. The van der Waals surface area contributed by atoms with Crippen molar-refractivity contribution >= 4 is 0 Å². The van der Waals surface area contributed by atoms with E-state index in [4.69, 9.17) is 56.8 Å². The van der Waals surface area contributed by atoms with Gasteiger partial charge in [-0.2, -0.15) is 0 Å². The van der Waals surface area contributed by atoms with Crippen LogP contribution >= 0.6 is 0 Å². The van der Waals surface area contributed by atoms with Gasteiger partial charge in [0.25, 0.3) is 0 Å². The van der Waals surface area contributed by atoms with Crippen LogP contribution in [-0.2, 0) is 56.8 Å². The Morgan fingerprint density at radius 2 is 0.930 bits per heavy atom. The van der Waals surface area contributed by atoms with E-state index in [-0.39, 0.29) is 28.8 Å². The van der Waals surface area contributed by atoms with Crippen LogP contribution in [0.4, 0.5) is 0 Å². The summed E-state index contributed by atoms with van der Waals surface area (Å²) in [6.07, 6.45) is -42.1. The first kappa shape index (κ1) is 66.3. The van der Waals surface area contributed by atoms with Gasteiger partial charge in [-0.3, -0.25) is 0 Å². The summed E-state index contributed by atoms with van der Waals surface area (Å²) in [5, 5.41) is 187. The molecule has 4 aliphatic carbocycles. The SMILES string of the molecule is CC1CC[C@@]2(OC1)O[C@H]1C[C@H]3[C@@H]4CCC5C[C@@H](O[C@@H]6O[C@H](CO)[C@@H](O[C@@H]7O[C@H](CO)[C@@H](O)[C@H](O[C@@H]8O[C@H](CO)[C@@H](O)[C@H](O[C@@H]9O[C@H](CO)[C@@H](O)[C@H](O)[C@H]9O)[C@H]8O)[C@H]7O[C@@H]7O[C@H](CO)[C@@H](O)[C@H](O)[C@H]7O)[C@H](O)[C@H]6O)[C@H](O)C[C@]5(C)[C@H]4CC[C@]3(C)[C@H]1[C@@H]2C. The lowest BCUT2D eigenvalue weighted by molar-refractivity contribution is -0.411. The van der Waals surface area contributed by atoms with Crippen LogP contribution in [0.1, 0.15) is 85.5 Å². The molecule has 86 heavy (non-hydrogen) atoms. The maximum absolute atomic E-state index is 12.1. The Morgan fingerprint density at radius 3 is 1.51 bits per heavy atom. The molecule has 17 N–H and O–H groups in total. The van der Waals surface area contributed by atoms with Crippen molar-refractivity contribution in [3.05, 3.63) is 0 Å². The largest absolute Gasteiger partial charge is 0.394 e. The highest BCUT2D eigenvalue weighted by Crippen LogP contribution is 2.71. The fourth-order valence-electron chi connectivity index (χ4n) is 17.7. The van der Waals surface area contributed by atoms with Gasteiger partial charge >= 0.3 is 0 Å². The lowest BCUT2D eigenvalue weighted by Crippen LogP contribution is -2.69. The Morgan fingerprint density at radius 1 is 0.430 bits per heavy atom. The molecule has 496 valence electrons. The van der Waals surface area contributed by atoms with Gasteiger partial charge in [0.05, 0.1) is 58.0 Å². The number of fused-ring (bicyclic) bond motifs is 7. The van der Waals surface area contributed by atoms with E-state index in [2.05, 4.69) is 27.7 Å². The van der Waals surface area contributed by atoms with E-state index in [1.165, 1.54) is 0 Å². The van der Waals surface area contributed by atoms with Crippen LogP contribution in [0.2, 0.25) is 0 Å². The molecular weight excluding hydrogens is 1150 g/mol. The normalized spacial score (nSPS) is 57.5. The van der Waals surface area contributed by atoms with E-state index in [0.29, 0.717) is 49.0 Å². The molecule has 38 atom stereocenters. The average Bonchev–Trinajstić information content (AvgIpc) is 1.49. The Kier molecular flexibility index (Phi) is 20.0. The fraction of sp³-hybridized carbons (Fsp3) is 1.00. The van der Waals surface area contributed by atoms with Crippen LogP contribution in [0.25, 0.3) is 0 Å². The third-order valence-electron chi connectivity index (χ3n) is 22.5. The molecule has 7 heterocycles. The van der Waals surface area contributed by atoms with Crippen molar-refractivity contribution in [1.82, 2.24) is 0 Å². The predicted octanol–water partition coefficient (Wildman–Crippen LogP) is -6.11. The summed E-state index contributed by atoms with van der Waals surface area (Å²) in [4.78, 5) is 0. The van der Waals surface area contributed by atoms with Gasteiger partial charge in [-0.1, -0.05) is 27.7 Å². The molecule has 0 radical (unpaired) electrons. The molecule has 11 aliphatic rings. The van der Waals surface area contributed by atoms with E-state index in [0.717, 1.165) is 44.9 Å². The van der Waals surface area contributed by atoms with E-state index < -0.39 is 205 Å².